The van der Waals surface area contributed by atoms with Gasteiger partial charge in [0.05, 0.1) is 0 Å². The molecule has 0 unspecified atom stereocenters. The second-order valence-electron chi connectivity index (χ2n) is 3.03. The van der Waals surface area contributed by atoms with Crippen molar-refractivity contribution in [1.82, 2.24) is 14.9 Å². The fourth-order valence-corrected chi connectivity index (χ4v) is 1.36. The normalized spacial score (nSPS) is 10.0. The molecule has 1 aromatic carbocycles. The third-order valence-electron chi connectivity index (χ3n) is 1.95. The molecule has 16 heavy (non-hydrogen) atoms. The molecule has 0 aliphatic rings. The van der Waals surface area contributed by atoms with E-state index in [0.29, 0.717) is 5.56 Å². The zero-order chi connectivity index (χ0) is 11.5. The number of nitrogens with two attached hydrogens (primary N) is 1. The third-order valence-corrected chi connectivity index (χ3v) is 2.22. The van der Waals surface area contributed by atoms with Crippen molar-refractivity contribution in [3.8, 4) is 0 Å². The molecular weight excluding hydrogens is 226 g/mol. The van der Waals surface area contributed by atoms with Crippen molar-refractivity contribution in [2.24, 2.45) is 0 Å². The summed E-state index contributed by atoms with van der Waals surface area (Å²) in [4.78, 5) is 11.7. The highest BCUT2D eigenvalue weighted by molar-refractivity contribution is 7.71. The minimum Gasteiger partial charge on any atom is -0.366 e. The first-order valence-electron chi connectivity index (χ1n) is 4.48. The van der Waals surface area contributed by atoms with E-state index in [0.717, 1.165) is 0 Å². The number of hydrogen-bond acceptors (Lipinski definition) is 4. The molecule has 0 saturated carbocycles. The summed E-state index contributed by atoms with van der Waals surface area (Å²) in [5, 5.41) is 6.14. The zero-order valence-electron chi connectivity index (χ0n) is 8.18. The smallest absolute Gasteiger partial charge is 0.270 e. The zero-order valence-corrected chi connectivity index (χ0v) is 8.99. The van der Waals surface area contributed by atoms with E-state index < -0.39 is 0 Å². The van der Waals surface area contributed by atoms with E-state index in [1.807, 2.05) is 6.07 Å². The molecule has 2 aromatic rings. The molecule has 4 N–H and O–H groups in total. The number of aromatic amines is 1. The lowest BCUT2D eigenvalue weighted by Crippen LogP contribution is -2.24. The summed E-state index contributed by atoms with van der Waals surface area (Å²) in [6.07, 6.45) is 0. The van der Waals surface area contributed by atoms with Crippen LogP contribution in [0.15, 0.2) is 30.3 Å². The van der Waals surface area contributed by atoms with Gasteiger partial charge in [0.2, 0.25) is 10.7 Å². The molecule has 0 saturated heterocycles. The van der Waals surface area contributed by atoms with Crippen LogP contribution in [-0.4, -0.2) is 20.8 Å². The lowest BCUT2D eigenvalue weighted by Gasteiger charge is -2.05. The number of rotatable bonds is 2. The summed E-state index contributed by atoms with van der Waals surface area (Å²) in [7, 11) is 0. The maximum absolute atomic E-state index is 11.7. The van der Waals surface area contributed by atoms with Gasteiger partial charge in [-0.15, -0.1) is 5.10 Å². The van der Waals surface area contributed by atoms with E-state index in [4.69, 9.17) is 18.0 Å². The highest BCUT2D eigenvalue weighted by atomic mass is 32.1. The van der Waals surface area contributed by atoms with Crippen LogP contribution in [0.4, 0.5) is 5.95 Å². The number of hydrogen-bond donors (Lipinski definition) is 3. The summed E-state index contributed by atoms with van der Waals surface area (Å²) in [5.41, 5.74) is 8.56. The van der Waals surface area contributed by atoms with Crippen molar-refractivity contribution in [2.45, 2.75) is 0 Å². The average molecular weight is 235 g/mol. The Labute approximate surface area is 96.1 Å². The number of nitrogens with zero attached hydrogens (tertiary/aromatic N) is 2. The molecule has 1 aromatic heterocycles. The van der Waals surface area contributed by atoms with Crippen LogP contribution >= 0.6 is 12.2 Å². The summed E-state index contributed by atoms with van der Waals surface area (Å²) in [6, 6.07) is 8.75. The largest absolute Gasteiger partial charge is 0.366 e. The predicted octanol–water partition coefficient (Wildman–Crippen LogP) is 0.907. The first kappa shape index (κ1) is 10.4. The van der Waals surface area contributed by atoms with Gasteiger partial charge in [-0.1, -0.05) is 18.2 Å². The van der Waals surface area contributed by atoms with Crippen LogP contribution in [0.3, 0.4) is 0 Å². The fraction of sp³-hybridized carbons (Fsp3) is 0. The van der Waals surface area contributed by atoms with Gasteiger partial charge in [-0.05, 0) is 24.4 Å². The maximum atomic E-state index is 11.7. The Morgan fingerprint density at radius 1 is 1.44 bits per heavy atom. The minimum atomic E-state index is -0.301. The van der Waals surface area contributed by atoms with E-state index in [1.54, 1.807) is 24.3 Å². The summed E-state index contributed by atoms with van der Waals surface area (Å²) < 4.78 is 1.45. The van der Waals surface area contributed by atoms with Crippen LogP contribution in [0.2, 0.25) is 0 Å². The van der Waals surface area contributed by atoms with E-state index in [1.165, 1.54) is 4.68 Å². The van der Waals surface area contributed by atoms with E-state index in [2.05, 4.69) is 15.6 Å². The molecule has 1 amide bonds. The topological polar surface area (TPSA) is 88.7 Å². The second kappa shape index (κ2) is 4.15. The predicted molar refractivity (Wildman–Crippen MR) is 62.0 cm³/mol. The molecule has 82 valence electrons. The minimum absolute atomic E-state index is 0.106. The van der Waals surface area contributed by atoms with E-state index >= 15 is 0 Å². The Bertz CT molecular complexity index is 559. The molecule has 6 nitrogen and oxygen atoms in total. The van der Waals surface area contributed by atoms with Gasteiger partial charge in [0, 0.05) is 5.56 Å². The van der Waals surface area contributed by atoms with Crippen molar-refractivity contribution in [3.63, 3.8) is 0 Å². The fourth-order valence-electron chi connectivity index (χ4n) is 1.17. The Hall–Kier alpha value is -2.15. The monoisotopic (exact) mass is 235 g/mol. The Kier molecular flexibility index (Phi) is 2.69. The quantitative estimate of drug-likeness (QED) is 0.675. The second-order valence-corrected chi connectivity index (χ2v) is 3.42. The van der Waals surface area contributed by atoms with Crippen LogP contribution in [-0.2, 0) is 0 Å². The van der Waals surface area contributed by atoms with E-state index in [9.17, 15) is 4.79 Å². The van der Waals surface area contributed by atoms with Crippen molar-refractivity contribution in [3.05, 3.63) is 40.7 Å². The van der Waals surface area contributed by atoms with Gasteiger partial charge >= 0.3 is 0 Å². The van der Waals surface area contributed by atoms with Crippen LogP contribution in [0.25, 0.3) is 0 Å². The van der Waals surface area contributed by atoms with Crippen molar-refractivity contribution in [2.75, 3.05) is 11.2 Å². The standard InChI is InChI=1S/C9H9N5OS/c10-8-11-12-9(16)14(8)13-7(15)6-4-2-1-3-5-6/h1-5H,(H2,10,11)(H,12,16)(H,13,15). The molecule has 2 rings (SSSR count). The van der Waals surface area contributed by atoms with Crippen LogP contribution in [0.5, 0.6) is 0 Å². The Balaban J connectivity index is 2.24. The summed E-state index contributed by atoms with van der Waals surface area (Å²) in [6.45, 7) is 0. The molecule has 1 heterocycles. The van der Waals surface area contributed by atoms with Gasteiger partial charge in [-0.25, -0.2) is 5.10 Å². The van der Waals surface area contributed by atoms with Gasteiger partial charge in [0.15, 0.2) is 0 Å². The van der Waals surface area contributed by atoms with Gasteiger partial charge in [-0.2, -0.15) is 4.68 Å². The highest BCUT2D eigenvalue weighted by Gasteiger charge is 2.08. The number of H-pyrrole nitrogens is 1. The maximum Gasteiger partial charge on any atom is 0.270 e. The number of carbonyl (C=O) groups excluding carboxylic acids is 1. The summed E-state index contributed by atoms with van der Waals surface area (Å²) >= 11 is 4.89. The molecule has 0 spiro atoms. The number of nitrogens with one attached hydrogen (secondary N) is 2. The summed E-state index contributed by atoms with van der Waals surface area (Å²) in [5.74, 6) is -0.195. The Morgan fingerprint density at radius 2 is 2.12 bits per heavy atom. The SMILES string of the molecule is Nc1n[nH]c(=S)n1NC(=O)c1ccccc1. The first-order valence-corrected chi connectivity index (χ1v) is 4.88. The number of nitrogen functional groups attached to an aromatic ring is 1. The molecule has 7 heteroatoms. The average Bonchev–Trinajstić information content (AvgIpc) is 2.62. The molecule has 0 fully saturated rings. The molecule has 0 aliphatic heterocycles. The number of benzene rings is 1. The van der Waals surface area contributed by atoms with Gasteiger partial charge in [-0.3, -0.25) is 10.2 Å². The molecule has 0 bridgehead atoms. The highest BCUT2D eigenvalue weighted by Crippen LogP contribution is 2.01. The van der Waals surface area contributed by atoms with Gasteiger partial charge < -0.3 is 5.73 Å². The van der Waals surface area contributed by atoms with Crippen molar-refractivity contribution in [1.29, 1.82) is 0 Å². The number of aromatic nitrogens is 3. The van der Waals surface area contributed by atoms with Gasteiger partial charge in [0.1, 0.15) is 0 Å². The number of anilines is 1. The molecule has 0 radical (unpaired) electrons. The molecular formula is C9H9N5OS. The van der Waals surface area contributed by atoms with Crippen LogP contribution < -0.4 is 11.2 Å². The lowest BCUT2D eigenvalue weighted by molar-refractivity contribution is 0.101. The van der Waals surface area contributed by atoms with Crippen LogP contribution in [0.1, 0.15) is 10.4 Å². The molecule has 0 aliphatic carbocycles. The first-order chi connectivity index (χ1) is 7.68. The van der Waals surface area contributed by atoms with E-state index in [-0.39, 0.29) is 16.6 Å². The van der Waals surface area contributed by atoms with Crippen molar-refractivity contribution >= 4 is 24.1 Å². The lowest BCUT2D eigenvalue weighted by atomic mass is 10.2. The number of amides is 1. The Morgan fingerprint density at radius 3 is 2.69 bits per heavy atom. The van der Waals surface area contributed by atoms with Crippen molar-refractivity contribution < 1.29 is 4.79 Å². The third kappa shape index (κ3) is 1.94. The van der Waals surface area contributed by atoms with Gasteiger partial charge in [0.25, 0.3) is 5.91 Å². The molecule has 0 atom stereocenters. The number of carbonyl (C=O) groups is 1. The van der Waals surface area contributed by atoms with Crippen LogP contribution in [0, 0.1) is 4.77 Å².